The van der Waals surface area contributed by atoms with E-state index in [4.69, 9.17) is 9.47 Å². The van der Waals surface area contributed by atoms with Crippen LogP contribution in [0.2, 0.25) is 0 Å². The van der Waals surface area contributed by atoms with Crippen molar-refractivity contribution in [1.29, 1.82) is 0 Å². The van der Waals surface area contributed by atoms with Crippen LogP contribution in [0.25, 0.3) is 0 Å². The molecule has 1 amide bonds. The number of rotatable bonds is 4. The Hall–Kier alpha value is -3.81. The largest absolute Gasteiger partial charge is 0.507 e. The van der Waals surface area contributed by atoms with Crippen LogP contribution < -0.4 is 14.4 Å². The first kappa shape index (κ1) is 22.6. The smallest absolute Gasteiger partial charge is 0.269 e. The van der Waals surface area contributed by atoms with Gasteiger partial charge in [0.25, 0.3) is 5.91 Å². The van der Waals surface area contributed by atoms with Crippen LogP contribution in [0, 0.1) is 0 Å². The van der Waals surface area contributed by atoms with Crippen LogP contribution in [0.4, 0.5) is 5.69 Å². The van der Waals surface area contributed by atoms with Crippen molar-refractivity contribution in [2.75, 3.05) is 18.1 Å². The normalized spacial score (nSPS) is 18.4. The zero-order valence-corrected chi connectivity index (χ0v) is 20.7. The van der Waals surface area contributed by atoms with Crippen LogP contribution in [-0.2, 0) is 10.4 Å². The molecule has 2 heterocycles. The number of carbonyl (C=O) groups excluding carboxylic acids is 1. The molecule has 0 fully saturated rings. The topological polar surface area (TPSA) is 79.2 Å². The third-order valence-electron chi connectivity index (χ3n) is 6.68. The summed E-state index contributed by atoms with van der Waals surface area (Å²) < 4.78 is 12.0. The Bertz CT molecular complexity index is 1420. The number of phenolic OH excluding ortho intramolecular Hbond substituents is 1. The van der Waals surface area contributed by atoms with Crippen LogP contribution in [0.1, 0.15) is 28.3 Å². The summed E-state index contributed by atoms with van der Waals surface area (Å²) in [6, 6.07) is 27.1. The molecule has 6 nitrogen and oxygen atoms in total. The minimum Gasteiger partial charge on any atom is -0.507 e. The zero-order chi connectivity index (χ0) is 24.9. The van der Waals surface area contributed by atoms with Gasteiger partial charge in [-0.1, -0.05) is 76.6 Å². The summed E-state index contributed by atoms with van der Waals surface area (Å²) in [7, 11) is 0. The van der Waals surface area contributed by atoms with Gasteiger partial charge in [0.2, 0.25) is 5.60 Å². The monoisotopic (exact) mass is 543 g/mol. The van der Waals surface area contributed by atoms with E-state index in [1.54, 1.807) is 11.0 Å². The second kappa shape index (κ2) is 8.69. The van der Waals surface area contributed by atoms with Gasteiger partial charge < -0.3 is 19.7 Å². The number of hydrogen-bond acceptors (Lipinski definition) is 5. The summed E-state index contributed by atoms with van der Waals surface area (Å²) in [5.74, 6) is -0.0820. The highest BCUT2D eigenvalue weighted by Crippen LogP contribution is 2.53. The predicted octanol–water partition coefficient (Wildman–Crippen LogP) is 5.30. The maximum absolute atomic E-state index is 14.4. The van der Waals surface area contributed by atoms with Crippen molar-refractivity contribution in [1.82, 2.24) is 0 Å². The number of phenols is 1. The number of nitrogens with zero attached hydrogens (tertiary/aromatic N) is 1. The lowest BCUT2D eigenvalue weighted by molar-refractivity contribution is -0.132. The molecule has 7 heteroatoms. The molecule has 4 aromatic rings. The molecule has 180 valence electrons. The van der Waals surface area contributed by atoms with Crippen molar-refractivity contribution in [2.45, 2.75) is 11.6 Å². The lowest BCUT2D eigenvalue weighted by atomic mass is 9.86. The van der Waals surface area contributed by atoms with Gasteiger partial charge in [-0.25, -0.2) is 0 Å². The lowest BCUT2D eigenvalue weighted by Gasteiger charge is -2.31. The fraction of sp³-hybridized carbons (Fsp3) is 0.138. The number of carbonyl (C=O) groups is 1. The van der Waals surface area contributed by atoms with E-state index in [0.29, 0.717) is 40.4 Å². The molecule has 0 bridgehead atoms. The first-order valence-corrected chi connectivity index (χ1v) is 12.4. The fourth-order valence-corrected chi connectivity index (χ4v) is 5.41. The van der Waals surface area contributed by atoms with E-state index in [1.165, 1.54) is 12.1 Å². The van der Waals surface area contributed by atoms with E-state index in [1.807, 2.05) is 72.8 Å². The Labute approximate surface area is 216 Å². The van der Waals surface area contributed by atoms with Gasteiger partial charge in [0.1, 0.15) is 19.0 Å². The van der Waals surface area contributed by atoms with Gasteiger partial charge in [0, 0.05) is 21.7 Å². The average Bonchev–Trinajstić information content (AvgIpc) is 3.12. The highest BCUT2D eigenvalue weighted by molar-refractivity contribution is 9.10. The van der Waals surface area contributed by atoms with Gasteiger partial charge in [-0.15, -0.1) is 0 Å². The SMILES string of the molecule is O=C1N(C(c2ccccc2)c2ccccc2)c2ccc(Br)cc2C1(O)c1cc2c(cc1O)OCCO2. The number of aliphatic hydroxyl groups is 1. The third kappa shape index (κ3) is 3.46. The van der Waals surface area contributed by atoms with Gasteiger partial charge in [0.15, 0.2) is 11.5 Å². The molecule has 36 heavy (non-hydrogen) atoms. The van der Waals surface area contributed by atoms with Gasteiger partial charge in [-0.3, -0.25) is 9.69 Å². The Morgan fingerprint density at radius 3 is 2.00 bits per heavy atom. The van der Waals surface area contributed by atoms with Gasteiger partial charge in [0.05, 0.1) is 11.7 Å². The highest BCUT2D eigenvalue weighted by Gasteiger charge is 2.55. The van der Waals surface area contributed by atoms with Gasteiger partial charge in [-0.2, -0.15) is 0 Å². The molecule has 6 rings (SSSR count). The van der Waals surface area contributed by atoms with Crippen LogP contribution in [0.15, 0.2) is 95.5 Å². The summed E-state index contributed by atoms with van der Waals surface area (Å²) in [5.41, 5.74) is 0.589. The summed E-state index contributed by atoms with van der Waals surface area (Å²) in [6.45, 7) is 0.691. The van der Waals surface area contributed by atoms with E-state index in [-0.39, 0.29) is 11.3 Å². The van der Waals surface area contributed by atoms with Crippen LogP contribution in [-0.4, -0.2) is 29.3 Å². The summed E-state index contributed by atoms with van der Waals surface area (Å²) in [4.78, 5) is 16.0. The maximum atomic E-state index is 14.4. The molecular weight excluding hydrogens is 522 g/mol. The molecule has 2 N–H and O–H groups in total. The molecule has 2 aliphatic heterocycles. The van der Waals surface area contributed by atoms with E-state index < -0.39 is 17.6 Å². The van der Waals surface area contributed by atoms with Crippen LogP contribution >= 0.6 is 15.9 Å². The molecule has 2 aliphatic rings. The quantitative estimate of drug-likeness (QED) is 0.365. The molecule has 0 radical (unpaired) electrons. The minimum atomic E-state index is -2.15. The number of amides is 1. The second-order valence-electron chi connectivity index (χ2n) is 8.78. The molecule has 0 aromatic heterocycles. The fourth-order valence-electron chi connectivity index (χ4n) is 5.05. The first-order valence-electron chi connectivity index (χ1n) is 11.6. The van der Waals surface area contributed by atoms with Crippen molar-refractivity contribution in [3.63, 3.8) is 0 Å². The molecule has 0 spiro atoms. The molecule has 1 atom stereocenters. The van der Waals surface area contributed by atoms with Crippen molar-refractivity contribution in [2.24, 2.45) is 0 Å². The number of fused-ring (bicyclic) bond motifs is 2. The summed E-state index contributed by atoms with van der Waals surface area (Å²) in [6.07, 6.45) is 0. The molecule has 0 aliphatic carbocycles. The van der Waals surface area contributed by atoms with E-state index >= 15 is 0 Å². The predicted molar refractivity (Wildman–Crippen MR) is 138 cm³/mol. The Kier molecular flexibility index (Phi) is 5.47. The Morgan fingerprint density at radius 2 is 1.39 bits per heavy atom. The van der Waals surface area contributed by atoms with Crippen molar-refractivity contribution in [3.05, 3.63) is 118 Å². The Morgan fingerprint density at radius 1 is 0.806 bits per heavy atom. The number of hydrogen-bond donors (Lipinski definition) is 2. The average molecular weight is 544 g/mol. The molecule has 0 saturated carbocycles. The molecule has 1 unspecified atom stereocenters. The van der Waals surface area contributed by atoms with E-state index in [0.717, 1.165) is 11.1 Å². The van der Waals surface area contributed by atoms with E-state index in [2.05, 4.69) is 15.9 Å². The number of halogens is 1. The number of benzene rings is 4. The number of aromatic hydroxyl groups is 1. The van der Waals surface area contributed by atoms with Gasteiger partial charge >= 0.3 is 0 Å². The standard InChI is InChI=1S/C29H22BrNO5/c30-20-11-12-23-21(15-20)29(34,22-16-25-26(17-24(22)32)36-14-13-35-25)28(33)31(23)27(18-7-3-1-4-8-18)19-9-5-2-6-10-19/h1-12,15-17,27,32,34H,13-14H2. The minimum absolute atomic E-state index is 0.0403. The maximum Gasteiger partial charge on any atom is 0.269 e. The number of anilines is 1. The molecule has 4 aromatic carbocycles. The third-order valence-corrected chi connectivity index (χ3v) is 7.17. The van der Waals surface area contributed by atoms with Crippen molar-refractivity contribution >= 4 is 27.5 Å². The zero-order valence-electron chi connectivity index (χ0n) is 19.1. The van der Waals surface area contributed by atoms with Gasteiger partial charge in [-0.05, 0) is 35.4 Å². The van der Waals surface area contributed by atoms with E-state index in [9.17, 15) is 15.0 Å². The summed E-state index contributed by atoms with van der Waals surface area (Å²) >= 11 is 3.49. The van der Waals surface area contributed by atoms with Crippen molar-refractivity contribution in [3.8, 4) is 17.2 Å². The lowest BCUT2D eigenvalue weighted by Crippen LogP contribution is -2.43. The summed E-state index contributed by atoms with van der Waals surface area (Å²) in [5, 5.41) is 23.2. The Balaban J connectivity index is 1.59. The second-order valence-corrected chi connectivity index (χ2v) is 9.70. The first-order chi connectivity index (χ1) is 17.5. The highest BCUT2D eigenvalue weighted by atomic mass is 79.9. The van der Waals surface area contributed by atoms with Crippen LogP contribution in [0.5, 0.6) is 17.2 Å². The number of ether oxygens (including phenoxy) is 2. The van der Waals surface area contributed by atoms with Crippen LogP contribution in [0.3, 0.4) is 0 Å². The van der Waals surface area contributed by atoms with Crippen molar-refractivity contribution < 1.29 is 24.5 Å². The molecular formula is C29H22BrNO5. The molecule has 0 saturated heterocycles.